The summed E-state index contributed by atoms with van der Waals surface area (Å²) in [7, 11) is 1.55. The minimum absolute atomic E-state index is 0.155. The molecule has 1 fully saturated rings. The van der Waals surface area contributed by atoms with Crippen LogP contribution in [0.3, 0.4) is 0 Å². The molecular weight excluding hydrogens is 288 g/mol. The fourth-order valence-electron chi connectivity index (χ4n) is 2.77. The predicted octanol–water partition coefficient (Wildman–Crippen LogP) is 2.86. The Balaban J connectivity index is 2.03. The average Bonchev–Trinajstić information content (AvgIpc) is 2.45. The molecule has 0 spiro atoms. The number of hydrogen-bond donors (Lipinski definition) is 2. The Morgan fingerprint density at radius 3 is 2.95 bits per heavy atom. The van der Waals surface area contributed by atoms with Crippen molar-refractivity contribution in [3.63, 3.8) is 0 Å². The van der Waals surface area contributed by atoms with Crippen LogP contribution < -0.4 is 15.4 Å². The number of carbonyl (C=O) groups excluding carboxylic acids is 1. The fraction of sp³-hybridized carbons (Fsp3) is 0.562. The molecule has 4 nitrogen and oxygen atoms in total. The van der Waals surface area contributed by atoms with E-state index in [1.807, 2.05) is 0 Å². The van der Waals surface area contributed by atoms with Gasteiger partial charge in [0.15, 0.2) is 0 Å². The zero-order valence-corrected chi connectivity index (χ0v) is 13.6. The Bertz CT molecular complexity index is 517. The van der Waals surface area contributed by atoms with Gasteiger partial charge in [0, 0.05) is 17.6 Å². The van der Waals surface area contributed by atoms with Crippen molar-refractivity contribution in [2.45, 2.75) is 32.7 Å². The summed E-state index contributed by atoms with van der Waals surface area (Å²) < 4.78 is 5.22. The van der Waals surface area contributed by atoms with Gasteiger partial charge in [-0.1, -0.05) is 25.4 Å². The lowest BCUT2D eigenvalue weighted by molar-refractivity contribution is 0.0926. The van der Waals surface area contributed by atoms with Crippen LogP contribution in [-0.4, -0.2) is 32.1 Å². The molecule has 116 valence electrons. The molecule has 0 radical (unpaired) electrons. The number of amides is 1. The number of piperidine rings is 1. The molecule has 1 aromatic rings. The third-order valence-electron chi connectivity index (χ3n) is 4.20. The maximum atomic E-state index is 12.4. The zero-order valence-electron chi connectivity index (χ0n) is 12.8. The Hall–Kier alpha value is -1.26. The molecule has 1 heterocycles. The summed E-state index contributed by atoms with van der Waals surface area (Å²) in [5.41, 5.74) is 0.655. The summed E-state index contributed by atoms with van der Waals surface area (Å²) in [6.07, 6.45) is 2.35. The lowest BCUT2D eigenvalue weighted by Crippen LogP contribution is -2.52. The number of ether oxygens (including phenoxy) is 1. The van der Waals surface area contributed by atoms with Crippen LogP contribution in [0.1, 0.15) is 37.0 Å². The molecular formula is C16H23ClN2O2. The van der Waals surface area contributed by atoms with Crippen molar-refractivity contribution >= 4 is 17.5 Å². The van der Waals surface area contributed by atoms with Gasteiger partial charge in [-0.15, -0.1) is 0 Å². The molecule has 1 amide bonds. The molecule has 1 unspecified atom stereocenters. The van der Waals surface area contributed by atoms with E-state index < -0.39 is 0 Å². The molecule has 0 aromatic heterocycles. The highest BCUT2D eigenvalue weighted by molar-refractivity contribution is 6.31. The number of halogens is 1. The van der Waals surface area contributed by atoms with Gasteiger partial charge in [0.1, 0.15) is 5.75 Å². The number of nitrogens with one attached hydrogen (secondary N) is 2. The smallest absolute Gasteiger partial charge is 0.255 e. The predicted molar refractivity (Wildman–Crippen MR) is 85.1 cm³/mol. The van der Waals surface area contributed by atoms with Gasteiger partial charge in [-0.25, -0.2) is 0 Å². The van der Waals surface area contributed by atoms with Crippen LogP contribution in [0, 0.1) is 5.41 Å². The standard InChI is InChI=1S/C16H23ClN2O2/c1-16(2)7-4-8-18-14(16)10-19-15(20)12-9-11(17)5-6-13(12)21-3/h5-6,9,14,18H,4,7-8,10H2,1-3H3,(H,19,20). The Morgan fingerprint density at radius 2 is 2.29 bits per heavy atom. The molecule has 1 aliphatic rings. The Morgan fingerprint density at radius 1 is 1.52 bits per heavy atom. The second kappa shape index (κ2) is 6.67. The van der Waals surface area contributed by atoms with Gasteiger partial charge in [0.25, 0.3) is 5.91 Å². The number of benzene rings is 1. The number of methoxy groups -OCH3 is 1. The minimum atomic E-state index is -0.155. The quantitative estimate of drug-likeness (QED) is 0.899. The third-order valence-corrected chi connectivity index (χ3v) is 4.44. The van der Waals surface area contributed by atoms with Gasteiger partial charge in [-0.2, -0.15) is 0 Å². The van der Waals surface area contributed by atoms with E-state index in [4.69, 9.17) is 16.3 Å². The second-order valence-corrected chi connectivity index (χ2v) is 6.59. The summed E-state index contributed by atoms with van der Waals surface area (Å²) in [6, 6.07) is 5.33. The van der Waals surface area contributed by atoms with Crippen LogP contribution >= 0.6 is 11.6 Å². The maximum absolute atomic E-state index is 12.4. The number of rotatable bonds is 4. The lowest BCUT2D eigenvalue weighted by Gasteiger charge is -2.39. The molecule has 5 heteroatoms. The van der Waals surface area contributed by atoms with Gasteiger partial charge >= 0.3 is 0 Å². The van der Waals surface area contributed by atoms with Gasteiger partial charge in [0.05, 0.1) is 12.7 Å². The van der Waals surface area contributed by atoms with Crippen LogP contribution in [-0.2, 0) is 0 Å². The van der Waals surface area contributed by atoms with Crippen LogP contribution in [0.15, 0.2) is 18.2 Å². The lowest BCUT2D eigenvalue weighted by atomic mass is 9.77. The van der Waals surface area contributed by atoms with Crippen LogP contribution in [0.5, 0.6) is 5.75 Å². The maximum Gasteiger partial charge on any atom is 0.255 e. The molecule has 1 aromatic carbocycles. The second-order valence-electron chi connectivity index (χ2n) is 6.15. The average molecular weight is 311 g/mol. The first-order valence-corrected chi connectivity index (χ1v) is 7.67. The van der Waals surface area contributed by atoms with Crippen molar-refractivity contribution in [2.24, 2.45) is 5.41 Å². The summed E-state index contributed by atoms with van der Waals surface area (Å²) in [4.78, 5) is 12.4. The summed E-state index contributed by atoms with van der Waals surface area (Å²) in [5.74, 6) is 0.380. The number of carbonyl (C=O) groups is 1. The SMILES string of the molecule is COc1ccc(Cl)cc1C(=O)NCC1NCCCC1(C)C. The van der Waals surface area contributed by atoms with E-state index in [9.17, 15) is 4.79 Å². The van der Waals surface area contributed by atoms with E-state index >= 15 is 0 Å². The van der Waals surface area contributed by atoms with Crippen molar-refractivity contribution in [1.29, 1.82) is 0 Å². The molecule has 2 N–H and O–H groups in total. The molecule has 1 saturated heterocycles. The fourth-order valence-corrected chi connectivity index (χ4v) is 2.94. The van der Waals surface area contributed by atoms with E-state index in [1.54, 1.807) is 25.3 Å². The van der Waals surface area contributed by atoms with Crippen molar-refractivity contribution in [3.8, 4) is 5.75 Å². The van der Waals surface area contributed by atoms with Gasteiger partial charge in [0.2, 0.25) is 0 Å². The van der Waals surface area contributed by atoms with Crippen molar-refractivity contribution < 1.29 is 9.53 Å². The first-order chi connectivity index (χ1) is 9.94. The van der Waals surface area contributed by atoms with E-state index in [0.29, 0.717) is 22.9 Å². The van der Waals surface area contributed by atoms with E-state index in [0.717, 1.165) is 6.54 Å². The molecule has 21 heavy (non-hydrogen) atoms. The molecule has 0 bridgehead atoms. The Kier molecular flexibility index (Phi) is 5.12. The van der Waals surface area contributed by atoms with Gasteiger partial charge < -0.3 is 15.4 Å². The highest BCUT2D eigenvalue weighted by Gasteiger charge is 2.32. The summed E-state index contributed by atoms with van der Waals surface area (Å²) >= 11 is 5.96. The van der Waals surface area contributed by atoms with Crippen molar-refractivity contribution in [1.82, 2.24) is 10.6 Å². The Labute approximate surface area is 131 Å². The largest absolute Gasteiger partial charge is 0.496 e. The first-order valence-electron chi connectivity index (χ1n) is 7.29. The summed E-state index contributed by atoms with van der Waals surface area (Å²) in [6.45, 7) is 6.07. The monoisotopic (exact) mass is 310 g/mol. The normalized spacial score (nSPS) is 20.9. The van der Waals surface area contributed by atoms with E-state index in [-0.39, 0.29) is 17.4 Å². The minimum Gasteiger partial charge on any atom is -0.496 e. The van der Waals surface area contributed by atoms with Crippen LogP contribution in [0.2, 0.25) is 5.02 Å². The van der Waals surface area contributed by atoms with Crippen molar-refractivity contribution in [2.75, 3.05) is 20.2 Å². The van der Waals surface area contributed by atoms with Crippen LogP contribution in [0.25, 0.3) is 0 Å². The molecule has 2 rings (SSSR count). The molecule has 1 aliphatic heterocycles. The topological polar surface area (TPSA) is 50.4 Å². The zero-order chi connectivity index (χ0) is 15.5. The summed E-state index contributed by atoms with van der Waals surface area (Å²) in [5, 5.41) is 7.00. The molecule has 0 aliphatic carbocycles. The first kappa shape index (κ1) is 16.1. The van der Waals surface area contributed by atoms with E-state index in [1.165, 1.54) is 12.8 Å². The molecule has 1 atom stereocenters. The highest BCUT2D eigenvalue weighted by atomic mass is 35.5. The van der Waals surface area contributed by atoms with Crippen LogP contribution in [0.4, 0.5) is 0 Å². The highest BCUT2D eigenvalue weighted by Crippen LogP contribution is 2.29. The number of hydrogen-bond acceptors (Lipinski definition) is 3. The molecule has 0 saturated carbocycles. The third kappa shape index (κ3) is 3.89. The van der Waals surface area contributed by atoms with Crippen molar-refractivity contribution in [3.05, 3.63) is 28.8 Å². The van der Waals surface area contributed by atoms with E-state index in [2.05, 4.69) is 24.5 Å². The van der Waals surface area contributed by atoms with Gasteiger partial charge in [-0.3, -0.25) is 4.79 Å². The van der Waals surface area contributed by atoms with Gasteiger partial charge in [-0.05, 0) is 43.0 Å².